The number of hydrogen-bond donors (Lipinski definition) is 1. The van der Waals surface area contributed by atoms with Gasteiger partial charge in [-0.05, 0) is 42.1 Å². The van der Waals surface area contributed by atoms with Crippen LogP contribution in [0.4, 0.5) is 0 Å². The van der Waals surface area contributed by atoms with Crippen LogP contribution in [-0.2, 0) is 4.79 Å². The number of aromatic nitrogens is 2. The van der Waals surface area contributed by atoms with Crippen molar-refractivity contribution in [2.75, 3.05) is 45.8 Å². The van der Waals surface area contributed by atoms with E-state index in [4.69, 9.17) is 0 Å². The van der Waals surface area contributed by atoms with Gasteiger partial charge in [0.1, 0.15) is 0 Å². The van der Waals surface area contributed by atoms with Crippen LogP contribution >= 0.6 is 15.9 Å². The highest BCUT2D eigenvalue weighted by Gasteiger charge is 2.26. The Balaban J connectivity index is 1.98. The Bertz CT molecular complexity index is 627. The summed E-state index contributed by atoms with van der Waals surface area (Å²) in [6, 6.07) is 0. The minimum atomic E-state index is -0.0584. The Hall–Kier alpha value is -1.41. The number of nitrogens with one attached hydrogen (secondary N) is 1. The zero-order valence-electron chi connectivity index (χ0n) is 16.2. The quantitative estimate of drug-likeness (QED) is 0.755. The second-order valence-corrected chi connectivity index (χ2v) is 7.74. The van der Waals surface area contributed by atoms with Gasteiger partial charge in [0, 0.05) is 39.3 Å². The predicted molar refractivity (Wildman–Crippen MR) is 105 cm³/mol. The molecule has 0 radical (unpaired) electrons. The Morgan fingerprint density at radius 2 is 1.88 bits per heavy atom. The molecule has 0 aromatic carbocycles. The number of nitrogens with zero attached hydrogens (tertiary/aromatic N) is 4. The molecule has 8 heteroatoms. The van der Waals surface area contributed by atoms with Crippen LogP contribution in [0.15, 0.2) is 4.47 Å². The molecule has 0 saturated carbocycles. The highest BCUT2D eigenvalue weighted by atomic mass is 79.9. The van der Waals surface area contributed by atoms with Gasteiger partial charge in [-0.15, -0.1) is 0 Å². The highest BCUT2D eigenvalue weighted by molar-refractivity contribution is 9.10. The van der Waals surface area contributed by atoms with Crippen molar-refractivity contribution in [2.24, 2.45) is 0 Å². The highest BCUT2D eigenvalue weighted by Crippen LogP contribution is 2.26. The minimum absolute atomic E-state index is 0.0584. The van der Waals surface area contributed by atoms with E-state index in [1.807, 2.05) is 23.6 Å². The smallest absolute Gasteiger partial charge is 0.275 e. The molecule has 0 bridgehead atoms. The van der Waals surface area contributed by atoms with Crippen molar-refractivity contribution in [1.29, 1.82) is 0 Å². The molecule has 2 rings (SSSR count). The first-order valence-electron chi connectivity index (χ1n) is 9.42. The average Bonchev–Trinajstić information content (AvgIpc) is 2.84. The molecule has 7 nitrogen and oxygen atoms in total. The molecule has 1 aromatic heterocycles. The van der Waals surface area contributed by atoms with E-state index in [0.29, 0.717) is 31.9 Å². The van der Waals surface area contributed by atoms with E-state index in [9.17, 15) is 9.59 Å². The van der Waals surface area contributed by atoms with Gasteiger partial charge in [-0.1, -0.05) is 13.8 Å². The van der Waals surface area contributed by atoms with Gasteiger partial charge in [-0.2, -0.15) is 5.10 Å². The number of carbonyl (C=O) groups excluding carboxylic acids is 2. The third-order valence-electron chi connectivity index (χ3n) is 4.86. The van der Waals surface area contributed by atoms with Crippen molar-refractivity contribution in [3.63, 3.8) is 0 Å². The Morgan fingerprint density at radius 3 is 2.46 bits per heavy atom. The van der Waals surface area contributed by atoms with Gasteiger partial charge in [0.15, 0.2) is 5.69 Å². The van der Waals surface area contributed by atoms with E-state index in [2.05, 4.69) is 44.9 Å². The van der Waals surface area contributed by atoms with Gasteiger partial charge in [0.25, 0.3) is 5.91 Å². The Labute approximate surface area is 164 Å². The maximum Gasteiger partial charge on any atom is 0.275 e. The van der Waals surface area contributed by atoms with Crippen molar-refractivity contribution in [1.82, 2.24) is 24.9 Å². The number of rotatable bonds is 6. The maximum absolute atomic E-state index is 12.9. The number of aromatic amines is 1. The lowest BCUT2D eigenvalue weighted by molar-refractivity contribution is -0.132. The van der Waals surface area contributed by atoms with E-state index in [0.717, 1.165) is 36.2 Å². The number of amides is 2. The summed E-state index contributed by atoms with van der Waals surface area (Å²) in [5.74, 6) is 0.368. The van der Waals surface area contributed by atoms with Crippen LogP contribution in [0.1, 0.15) is 56.2 Å². The van der Waals surface area contributed by atoms with Gasteiger partial charge in [-0.3, -0.25) is 19.6 Å². The molecule has 26 heavy (non-hydrogen) atoms. The summed E-state index contributed by atoms with van der Waals surface area (Å²) in [6.45, 7) is 12.8. The zero-order valence-corrected chi connectivity index (χ0v) is 17.8. The van der Waals surface area contributed by atoms with E-state index < -0.39 is 0 Å². The second kappa shape index (κ2) is 9.50. The maximum atomic E-state index is 12.9. The van der Waals surface area contributed by atoms with Crippen LogP contribution in [0, 0.1) is 0 Å². The predicted octanol–water partition coefficient (Wildman–Crippen LogP) is 2.31. The molecule has 1 saturated heterocycles. The first-order chi connectivity index (χ1) is 12.4. The summed E-state index contributed by atoms with van der Waals surface area (Å²) >= 11 is 3.51. The van der Waals surface area contributed by atoms with Gasteiger partial charge >= 0.3 is 0 Å². The van der Waals surface area contributed by atoms with Gasteiger partial charge in [0.2, 0.25) is 5.91 Å². The Kier molecular flexibility index (Phi) is 7.64. The zero-order chi connectivity index (χ0) is 19.3. The largest absolute Gasteiger partial charge is 0.342 e. The molecular formula is C18H30BrN5O2. The lowest BCUT2D eigenvalue weighted by atomic mass is 10.1. The van der Waals surface area contributed by atoms with Crippen molar-refractivity contribution in [2.45, 2.75) is 40.0 Å². The van der Waals surface area contributed by atoms with Crippen LogP contribution in [0.3, 0.4) is 0 Å². The van der Waals surface area contributed by atoms with Crippen LogP contribution in [0.2, 0.25) is 0 Å². The number of likely N-dealkylation sites (N-methyl/N-ethyl adjacent to an activating group) is 1. The lowest BCUT2D eigenvalue weighted by Gasteiger charge is -2.25. The van der Waals surface area contributed by atoms with E-state index >= 15 is 0 Å². The summed E-state index contributed by atoms with van der Waals surface area (Å²) in [6.07, 6.45) is 0.857. The summed E-state index contributed by atoms with van der Waals surface area (Å²) in [4.78, 5) is 31.0. The topological polar surface area (TPSA) is 72.5 Å². The third-order valence-corrected chi connectivity index (χ3v) is 5.67. The average molecular weight is 428 g/mol. The first-order valence-corrected chi connectivity index (χ1v) is 10.2. The molecule has 1 fully saturated rings. The molecule has 2 heterocycles. The summed E-state index contributed by atoms with van der Waals surface area (Å²) in [5, 5.41) is 7.18. The second-order valence-electron chi connectivity index (χ2n) is 6.94. The van der Waals surface area contributed by atoms with Gasteiger partial charge in [0.05, 0.1) is 16.7 Å². The van der Waals surface area contributed by atoms with Gasteiger partial charge < -0.3 is 9.80 Å². The number of hydrogen-bond acceptors (Lipinski definition) is 4. The molecule has 1 N–H and O–H groups in total. The van der Waals surface area contributed by atoms with E-state index in [-0.39, 0.29) is 17.7 Å². The molecule has 1 aliphatic rings. The van der Waals surface area contributed by atoms with Crippen LogP contribution < -0.4 is 0 Å². The standard InChI is InChI=1S/C18H30BrN5O2/c1-5-23(6-2)14(25)12-22-8-7-9-24(11-10-22)18(26)17-15(19)16(13(3)4)20-21-17/h13H,5-12H2,1-4H3,(H,20,21). The molecule has 2 amide bonds. The normalized spacial score (nSPS) is 16.0. The monoisotopic (exact) mass is 427 g/mol. The fourth-order valence-electron chi connectivity index (χ4n) is 3.22. The third kappa shape index (κ3) is 4.85. The number of halogens is 1. The van der Waals surface area contributed by atoms with Crippen LogP contribution in [-0.4, -0.2) is 82.5 Å². The fraction of sp³-hybridized carbons (Fsp3) is 0.722. The summed E-state index contributed by atoms with van der Waals surface area (Å²) in [5.41, 5.74) is 1.39. The van der Waals surface area contributed by atoms with E-state index in [1.165, 1.54) is 0 Å². The molecule has 1 aromatic rings. The molecule has 0 spiro atoms. The van der Waals surface area contributed by atoms with Crippen LogP contribution in [0.25, 0.3) is 0 Å². The molecule has 1 aliphatic heterocycles. The summed E-state index contributed by atoms with van der Waals surface area (Å²) < 4.78 is 0.760. The van der Waals surface area contributed by atoms with Crippen LogP contribution in [0.5, 0.6) is 0 Å². The molecule has 146 valence electrons. The molecule has 0 aliphatic carbocycles. The summed E-state index contributed by atoms with van der Waals surface area (Å²) in [7, 11) is 0. The molecule has 0 unspecified atom stereocenters. The lowest BCUT2D eigenvalue weighted by Crippen LogP contribution is -2.42. The van der Waals surface area contributed by atoms with Crippen molar-refractivity contribution < 1.29 is 9.59 Å². The minimum Gasteiger partial charge on any atom is -0.342 e. The fourth-order valence-corrected chi connectivity index (χ4v) is 4.02. The van der Waals surface area contributed by atoms with Crippen molar-refractivity contribution >= 4 is 27.7 Å². The van der Waals surface area contributed by atoms with E-state index in [1.54, 1.807) is 0 Å². The Morgan fingerprint density at radius 1 is 1.19 bits per heavy atom. The van der Waals surface area contributed by atoms with Gasteiger partial charge in [-0.25, -0.2) is 0 Å². The van der Waals surface area contributed by atoms with Crippen molar-refractivity contribution in [3.05, 3.63) is 15.9 Å². The molecular weight excluding hydrogens is 398 g/mol. The number of carbonyl (C=O) groups is 2. The molecule has 0 atom stereocenters. The first kappa shape index (κ1) is 20.9. The van der Waals surface area contributed by atoms with Crippen molar-refractivity contribution in [3.8, 4) is 0 Å². The number of H-pyrrole nitrogens is 1. The SMILES string of the molecule is CCN(CC)C(=O)CN1CCCN(C(=O)c2n[nH]c(C(C)C)c2Br)CC1.